The van der Waals surface area contributed by atoms with Crippen LogP contribution in [0.5, 0.6) is 0 Å². The molecule has 0 bridgehead atoms. The summed E-state index contributed by atoms with van der Waals surface area (Å²) in [5.41, 5.74) is -1.74. The van der Waals surface area contributed by atoms with Gasteiger partial charge in [-0.15, -0.1) is 0 Å². The summed E-state index contributed by atoms with van der Waals surface area (Å²) in [5.74, 6) is -1.56. The molecule has 96 valence electrons. The molecule has 1 N–H and O–H groups in total. The van der Waals surface area contributed by atoms with E-state index in [1.54, 1.807) is 30.3 Å². The molecule has 3 nitrogen and oxygen atoms in total. The summed E-state index contributed by atoms with van der Waals surface area (Å²) in [6, 6.07) is 8.30. The van der Waals surface area contributed by atoms with Crippen LogP contribution in [0.15, 0.2) is 30.3 Å². The molecule has 1 fully saturated rings. The monoisotopic (exact) mass is 253 g/mol. The van der Waals surface area contributed by atoms with E-state index in [4.69, 9.17) is 0 Å². The van der Waals surface area contributed by atoms with Crippen LogP contribution < -0.4 is 5.32 Å². The molecule has 5 heteroatoms. The second-order valence-electron chi connectivity index (χ2n) is 4.37. The van der Waals surface area contributed by atoms with Gasteiger partial charge in [0.2, 0.25) is 5.91 Å². The summed E-state index contributed by atoms with van der Waals surface area (Å²) >= 11 is 0. The smallest absolute Gasteiger partial charge is 0.259 e. The summed E-state index contributed by atoms with van der Waals surface area (Å²) in [6.07, 6.45) is -2.66. The number of anilines is 1. The summed E-state index contributed by atoms with van der Waals surface area (Å²) in [5, 5.41) is 2.40. The number of halogens is 2. The third kappa shape index (κ3) is 2.00. The molecule has 1 aliphatic rings. The lowest BCUT2D eigenvalue weighted by atomic mass is 9.84. The molecule has 0 aromatic heterocycles. The normalized spacial score (nSPS) is 23.4. The third-order valence-corrected chi connectivity index (χ3v) is 3.28. The number of alkyl halides is 2. The van der Waals surface area contributed by atoms with Gasteiger partial charge in [-0.3, -0.25) is 9.59 Å². The third-order valence-electron chi connectivity index (χ3n) is 3.28. The standard InChI is InChI=1S/C13H13F2NO2/c14-11(15)13(8-4-7-10(13)17)12(18)16-9-5-2-1-3-6-9/h1-3,5-6,11H,4,7-8H2,(H,16,18). The molecular formula is C13H13F2NO2. The Balaban J connectivity index is 2.23. The van der Waals surface area contributed by atoms with Crippen LogP contribution in [0.1, 0.15) is 19.3 Å². The molecule has 1 aliphatic carbocycles. The fourth-order valence-corrected chi connectivity index (χ4v) is 2.22. The maximum absolute atomic E-state index is 13.1. The maximum Gasteiger partial charge on any atom is 0.259 e. The number of hydrogen-bond acceptors (Lipinski definition) is 2. The Morgan fingerprint density at radius 1 is 1.28 bits per heavy atom. The molecule has 1 aromatic carbocycles. The van der Waals surface area contributed by atoms with Gasteiger partial charge in [0, 0.05) is 12.1 Å². The second-order valence-corrected chi connectivity index (χ2v) is 4.37. The van der Waals surface area contributed by atoms with Crippen molar-refractivity contribution >= 4 is 17.4 Å². The van der Waals surface area contributed by atoms with Crippen LogP contribution in [-0.4, -0.2) is 18.1 Å². The predicted molar refractivity (Wildman–Crippen MR) is 62.4 cm³/mol. The van der Waals surface area contributed by atoms with Crippen LogP contribution in [0.2, 0.25) is 0 Å². The molecular weight excluding hydrogens is 240 g/mol. The molecule has 1 aromatic rings. The van der Waals surface area contributed by atoms with Crippen LogP contribution in [0, 0.1) is 5.41 Å². The van der Waals surface area contributed by atoms with Crippen molar-refractivity contribution in [3.05, 3.63) is 30.3 Å². The molecule has 18 heavy (non-hydrogen) atoms. The fourth-order valence-electron chi connectivity index (χ4n) is 2.22. The number of carbonyl (C=O) groups excluding carboxylic acids is 2. The van der Waals surface area contributed by atoms with Crippen molar-refractivity contribution in [3.63, 3.8) is 0 Å². The lowest BCUT2D eigenvalue weighted by Gasteiger charge is -2.24. The van der Waals surface area contributed by atoms with E-state index in [0.717, 1.165) is 0 Å². The van der Waals surface area contributed by atoms with Crippen molar-refractivity contribution in [1.82, 2.24) is 0 Å². The van der Waals surface area contributed by atoms with Gasteiger partial charge in [0.05, 0.1) is 0 Å². The van der Waals surface area contributed by atoms with Gasteiger partial charge >= 0.3 is 0 Å². The Kier molecular flexibility index (Phi) is 3.41. The molecule has 0 saturated heterocycles. The van der Waals surface area contributed by atoms with Gasteiger partial charge in [-0.2, -0.15) is 0 Å². The van der Waals surface area contributed by atoms with Gasteiger partial charge in [0.1, 0.15) is 0 Å². The summed E-state index contributed by atoms with van der Waals surface area (Å²) < 4.78 is 26.2. The van der Waals surface area contributed by atoms with Crippen molar-refractivity contribution in [3.8, 4) is 0 Å². The zero-order chi connectivity index (χ0) is 13.2. The molecule has 0 radical (unpaired) electrons. The summed E-state index contributed by atoms with van der Waals surface area (Å²) in [4.78, 5) is 23.6. The number of para-hydroxylation sites is 1. The van der Waals surface area contributed by atoms with E-state index in [-0.39, 0.29) is 12.8 Å². The van der Waals surface area contributed by atoms with E-state index < -0.39 is 23.5 Å². The molecule has 0 aliphatic heterocycles. The first-order valence-corrected chi connectivity index (χ1v) is 5.75. The van der Waals surface area contributed by atoms with Crippen LogP contribution in [-0.2, 0) is 9.59 Å². The van der Waals surface area contributed by atoms with E-state index in [2.05, 4.69) is 5.32 Å². The second kappa shape index (κ2) is 4.84. The minimum Gasteiger partial charge on any atom is -0.325 e. The van der Waals surface area contributed by atoms with Gasteiger partial charge in [0.25, 0.3) is 6.43 Å². The number of rotatable bonds is 3. The van der Waals surface area contributed by atoms with E-state index >= 15 is 0 Å². The van der Waals surface area contributed by atoms with Gasteiger partial charge in [-0.25, -0.2) is 8.78 Å². The topological polar surface area (TPSA) is 46.2 Å². The van der Waals surface area contributed by atoms with E-state index in [1.807, 2.05) is 0 Å². The highest BCUT2D eigenvalue weighted by molar-refractivity contribution is 6.12. The largest absolute Gasteiger partial charge is 0.325 e. The van der Waals surface area contributed by atoms with Crippen molar-refractivity contribution in [2.24, 2.45) is 5.41 Å². The maximum atomic E-state index is 13.1. The number of benzene rings is 1. The molecule has 0 heterocycles. The summed E-state index contributed by atoms with van der Waals surface area (Å²) in [7, 11) is 0. The zero-order valence-corrected chi connectivity index (χ0v) is 9.66. The van der Waals surface area contributed by atoms with Crippen LogP contribution in [0.3, 0.4) is 0 Å². The van der Waals surface area contributed by atoms with E-state index in [0.29, 0.717) is 12.1 Å². The lowest BCUT2D eigenvalue weighted by Crippen LogP contribution is -2.45. The number of nitrogens with one attached hydrogen (secondary N) is 1. The fraction of sp³-hybridized carbons (Fsp3) is 0.385. The van der Waals surface area contributed by atoms with Gasteiger partial charge < -0.3 is 5.32 Å². The number of hydrogen-bond donors (Lipinski definition) is 1. The minimum atomic E-state index is -2.96. The molecule has 2 rings (SSSR count). The number of carbonyl (C=O) groups is 2. The Labute approximate surface area is 103 Å². The van der Waals surface area contributed by atoms with Crippen molar-refractivity contribution in [1.29, 1.82) is 0 Å². The molecule has 1 atom stereocenters. The first-order valence-electron chi connectivity index (χ1n) is 5.75. The van der Waals surface area contributed by atoms with Crippen molar-refractivity contribution < 1.29 is 18.4 Å². The highest BCUT2D eigenvalue weighted by Crippen LogP contribution is 2.41. The highest BCUT2D eigenvalue weighted by Gasteiger charge is 2.55. The van der Waals surface area contributed by atoms with Crippen LogP contribution in [0.4, 0.5) is 14.5 Å². The average molecular weight is 253 g/mol. The van der Waals surface area contributed by atoms with E-state index in [9.17, 15) is 18.4 Å². The molecule has 1 unspecified atom stereocenters. The lowest BCUT2D eigenvalue weighted by molar-refractivity contribution is -0.146. The zero-order valence-electron chi connectivity index (χ0n) is 9.66. The molecule has 1 saturated carbocycles. The molecule has 1 amide bonds. The first kappa shape index (κ1) is 12.7. The Morgan fingerprint density at radius 3 is 2.44 bits per heavy atom. The van der Waals surface area contributed by atoms with E-state index in [1.165, 1.54) is 0 Å². The van der Waals surface area contributed by atoms with Crippen LogP contribution in [0.25, 0.3) is 0 Å². The van der Waals surface area contributed by atoms with Crippen LogP contribution >= 0.6 is 0 Å². The first-order chi connectivity index (χ1) is 8.57. The number of amides is 1. The molecule has 0 spiro atoms. The van der Waals surface area contributed by atoms with Gasteiger partial charge in [-0.1, -0.05) is 18.2 Å². The van der Waals surface area contributed by atoms with Crippen molar-refractivity contribution in [2.75, 3.05) is 5.32 Å². The predicted octanol–water partition coefficient (Wildman–Crippen LogP) is 2.63. The Morgan fingerprint density at radius 2 is 1.94 bits per heavy atom. The SMILES string of the molecule is O=C1CCCC1(C(=O)Nc1ccccc1)C(F)F. The summed E-state index contributed by atoms with van der Waals surface area (Å²) in [6.45, 7) is 0. The van der Waals surface area contributed by atoms with Gasteiger partial charge in [-0.05, 0) is 25.0 Å². The average Bonchev–Trinajstić information content (AvgIpc) is 2.73. The quantitative estimate of drug-likeness (QED) is 0.842. The minimum absolute atomic E-state index is 0.0482. The highest BCUT2D eigenvalue weighted by atomic mass is 19.3. The van der Waals surface area contributed by atoms with Gasteiger partial charge in [0.15, 0.2) is 11.2 Å². The number of Topliss-reactive ketones (excluding diaryl/α,β-unsaturated/α-hetero) is 1. The number of ketones is 1. The Bertz CT molecular complexity index is 461. The van der Waals surface area contributed by atoms with Crippen molar-refractivity contribution in [2.45, 2.75) is 25.7 Å². The Hall–Kier alpha value is -1.78.